The SMILES string of the molecule is Cn1ccc(-c2cc(C=O)ccc2F)n1. The van der Waals surface area contributed by atoms with Gasteiger partial charge in [0, 0.05) is 24.4 Å². The molecule has 0 amide bonds. The molecule has 0 radical (unpaired) electrons. The maximum Gasteiger partial charge on any atom is 0.150 e. The number of carbonyl (C=O) groups excluding carboxylic acids is 1. The van der Waals surface area contributed by atoms with Crippen LogP contribution in [0.5, 0.6) is 0 Å². The van der Waals surface area contributed by atoms with Gasteiger partial charge in [-0.25, -0.2) is 4.39 Å². The van der Waals surface area contributed by atoms with E-state index in [9.17, 15) is 9.18 Å². The summed E-state index contributed by atoms with van der Waals surface area (Å²) >= 11 is 0. The third-order valence-corrected chi connectivity index (χ3v) is 2.12. The van der Waals surface area contributed by atoms with Crippen LogP contribution in [0.25, 0.3) is 11.3 Å². The second-order valence-electron chi connectivity index (χ2n) is 3.23. The molecule has 0 N–H and O–H groups in total. The molecule has 0 atom stereocenters. The molecule has 4 heteroatoms. The lowest BCUT2D eigenvalue weighted by Gasteiger charge is -1.99. The lowest BCUT2D eigenvalue weighted by Crippen LogP contribution is -1.91. The van der Waals surface area contributed by atoms with Crippen molar-refractivity contribution in [2.75, 3.05) is 0 Å². The molecule has 0 aliphatic rings. The number of nitrogens with zero attached hydrogens (tertiary/aromatic N) is 2. The van der Waals surface area contributed by atoms with Gasteiger partial charge in [-0.05, 0) is 24.3 Å². The fourth-order valence-electron chi connectivity index (χ4n) is 1.37. The van der Waals surface area contributed by atoms with E-state index in [2.05, 4.69) is 5.10 Å². The molecule has 0 saturated carbocycles. The molecule has 76 valence electrons. The molecule has 1 heterocycles. The number of halogens is 1. The Bertz CT molecular complexity index is 505. The summed E-state index contributed by atoms with van der Waals surface area (Å²) in [5.74, 6) is -0.376. The smallest absolute Gasteiger partial charge is 0.150 e. The summed E-state index contributed by atoms with van der Waals surface area (Å²) in [5, 5.41) is 4.08. The van der Waals surface area contributed by atoms with Gasteiger partial charge in [0.25, 0.3) is 0 Å². The van der Waals surface area contributed by atoms with Crippen LogP contribution in [-0.2, 0) is 7.05 Å². The zero-order chi connectivity index (χ0) is 10.8. The predicted molar refractivity (Wildman–Crippen MR) is 54.0 cm³/mol. The maximum absolute atomic E-state index is 13.4. The van der Waals surface area contributed by atoms with Gasteiger partial charge in [0.05, 0.1) is 5.69 Å². The van der Waals surface area contributed by atoms with Gasteiger partial charge >= 0.3 is 0 Å². The van der Waals surface area contributed by atoms with Crippen molar-refractivity contribution in [2.24, 2.45) is 7.05 Å². The minimum absolute atomic E-state index is 0.347. The number of carbonyl (C=O) groups is 1. The third-order valence-electron chi connectivity index (χ3n) is 2.12. The summed E-state index contributed by atoms with van der Waals surface area (Å²) in [5.41, 5.74) is 1.32. The standard InChI is InChI=1S/C11H9FN2O/c1-14-5-4-11(13-14)9-6-8(7-15)2-3-10(9)12/h2-7H,1H3. The highest BCUT2D eigenvalue weighted by Crippen LogP contribution is 2.21. The van der Waals surface area contributed by atoms with Crippen LogP contribution in [0.2, 0.25) is 0 Å². The van der Waals surface area contributed by atoms with Gasteiger partial charge in [-0.2, -0.15) is 5.10 Å². The molecule has 0 aliphatic carbocycles. The minimum Gasteiger partial charge on any atom is -0.298 e. The van der Waals surface area contributed by atoms with E-state index in [-0.39, 0.29) is 5.82 Å². The van der Waals surface area contributed by atoms with Crippen LogP contribution >= 0.6 is 0 Å². The molecule has 3 nitrogen and oxygen atoms in total. The molecule has 0 fully saturated rings. The molecular weight excluding hydrogens is 195 g/mol. The molecule has 1 aromatic heterocycles. The number of aldehydes is 1. The summed E-state index contributed by atoms with van der Waals surface area (Å²) in [7, 11) is 1.75. The summed E-state index contributed by atoms with van der Waals surface area (Å²) < 4.78 is 15.0. The van der Waals surface area contributed by atoms with E-state index in [1.807, 2.05) is 0 Å². The van der Waals surface area contributed by atoms with Crippen molar-refractivity contribution in [2.45, 2.75) is 0 Å². The first-order chi connectivity index (χ1) is 7.20. The first-order valence-electron chi connectivity index (χ1n) is 4.45. The van der Waals surface area contributed by atoms with Crippen molar-refractivity contribution in [3.8, 4) is 11.3 Å². The minimum atomic E-state index is -0.376. The van der Waals surface area contributed by atoms with Crippen molar-refractivity contribution in [1.29, 1.82) is 0 Å². The zero-order valence-electron chi connectivity index (χ0n) is 8.14. The number of rotatable bonds is 2. The zero-order valence-corrected chi connectivity index (χ0v) is 8.14. The van der Waals surface area contributed by atoms with E-state index in [1.54, 1.807) is 24.0 Å². The van der Waals surface area contributed by atoms with E-state index >= 15 is 0 Å². The Morgan fingerprint density at radius 1 is 1.40 bits per heavy atom. The Morgan fingerprint density at radius 2 is 2.20 bits per heavy atom. The molecule has 0 saturated heterocycles. The molecular formula is C11H9FN2O. The van der Waals surface area contributed by atoms with E-state index in [0.717, 1.165) is 0 Å². The Balaban J connectivity index is 2.55. The fourth-order valence-corrected chi connectivity index (χ4v) is 1.37. The molecule has 0 bridgehead atoms. The van der Waals surface area contributed by atoms with E-state index in [4.69, 9.17) is 0 Å². The van der Waals surface area contributed by atoms with Gasteiger partial charge < -0.3 is 0 Å². The second kappa shape index (κ2) is 3.65. The van der Waals surface area contributed by atoms with Crippen LogP contribution in [-0.4, -0.2) is 16.1 Å². The first kappa shape index (κ1) is 9.58. The van der Waals surface area contributed by atoms with E-state index in [0.29, 0.717) is 23.1 Å². The van der Waals surface area contributed by atoms with Crippen molar-refractivity contribution in [3.05, 3.63) is 41.8 Å². The predicted octanol–water partition coefficient (Wildman–Crippen LogP) is 2.04. The number of hydrogen-bond donors (Lipinski definition) is 0. The van der Waals surface area contributed by atoms with Gasteiger partial charge in [-0.15, -0.1) is 0 Å². The average Bonchev–Trinajstić information content (AvgIpc) is 2.65. The monoisotopic (exact) mass is 204 g/mol. The number of aromatic nitrogens is 2. The first-order valence-corrected chi connectivity index (χ1v) is 4.45. The number of benzene rings is 1. The summed E-state index contributed by atoms with van der Waals surface area (Å²) in [6.07, 6.45) is 2.41. The van der Waals surface area contributed by atoms with Crippen molar-refractivity contribution in [3.63, 3.8) is 0 Å². The van der Waals surface area contributed by atoms with Gasteiger partial charge in [0.1, 0.15) is 12.1 Å². The van der Waals surface area contributed by atoms with Crippen LogP contribution < -0.4 is 0 Å². The topological polar surface area (TPSA) is 34.9 Å². The Morgan fingerprint density at radius 3 is 2.80 bits per heavy atom. The summed E-state index contributed by atoms with van der Waals surface area (Å²) in [6, 6.07) is 5.90. The average molecular weight is 204 g/mol. The lowest BCUT2D eigenvalue weighted by molar-refractivity contribution is 0.112. The highest BCUT2D eigenvalue weighted by molar-refractivity contribution is 5.78. The fraction of sp³-hybridized carbons (Fsp3) is 0.0909. The van der Waals surface area contributed by atoms with Gasteiger partial charge in [-0.1, -0.05) is 0 Å². The largest absolute Gasteiger partial charge is 0.298 e. The van der Waals surface area contributed by atoms with Crippen LogP contribution in [0, 0.1) is 5.82 Å². The molecule has 2 aromatic rings. The lowest BCUT2D eigenvalue weighted by atomic mass is 10.1. The highest BCUT2D eigenvalue weighted by atomic mass is 19.1. The Kier molecular flexibility index (Phi) is 2.33. The summed E-state index contributed by atoms with van der Waals surface area (Å²) in [6.45, 7) is 0. The van der Waals surface area contributed by atoms with Gasteiger partial charge in [-0.3, -0.25) is 9.48 Å². The number of hydrogen-bond acceptors (Lipinski definition) is 2. The molecule has 1 aromatic carbocycles. The van der Waals surface area contributed by atoms with Crippen LogP contribution in [0.3, 0.4) is 0 Å². The Labute approximate surface area is 86.2 Å². The van der Waals surface area contributed by atoms with Crippen molar-refractivity contribution < 1.29 is 9.18 Å². The highest BCUT2D eigenvalue weighted by Gasteiger charge is 2.08. The van der Waals surface area contributed by atoms with E-state index < -0.39 is 0 Å². The van der Waals surface area contributed by atoms with Crippen LogP contribution in [0.1, 0.15) is 10.4 Å². The quantitative estimate of drug-likeness (QED) is 0.701. The van der Waals surface area contributed by atoms with Crippen LogP contribution in [0.4, 0.5) is 4.39 Å². The maximum atomic E-state index is 13.4. The molecule has 0 unspecified atom stereocenters. The normalized spacial score (nSPS) is 10.3. The molecule has 0 spiro atoms. The van der Waals surface area contributed by atoms with E-state index in [1.165, 1.54) is 18.2 Å². The molecule has 15 heavy (non-hydrogen) atoms. The Hall–Kier alpha value is -1.97. The summed E-state index contributed by atoms with van der Waals surface area (Å²) in [4.78, 5) is 10.6. The van der Waals surface area contributed by atoms with Gasteiger partial charge in [0.2, 0.25) is 0 Å². The van der Waals surface area contributed by atoms with Crippen molar-refractivity contribution in [1.82, 2.24) is 9.78 Å². The third kappa shape index (κ3) is 1.79. The van der Waals surface area contributed by atoms with Gasteiger partial charge in [0.15, 0.2) is 0 Å². The number of aryl methyl sites for hydroxylation is 1. The van der Waals surface area contributed by atoms with Crippen LogP contribution in [0.15, 0.2) is 30.5 Å². The second-order valence-corrected chi connectivity index (χ2v) is 3.23. The molecule has 2 rings (SSSR count). The molecule has 0 aliphatic heterocycles. The van der Waals surface area contributed by atoms with Crippen molar-refractivity contribution >= 4 is 6.29 Å².